The molecule has 10 aromatic rings. The monoisotopic (exact) mass is 1110 g/mol. The molecule has 0 spiro atoms. The van der Waals surface area contributed by atoms with Crippen LogP contribution in [0.5, 0.6) is 5.75 Å². The van der Waals surface area contributed by atoms with Crippen LogP contribution in [0.25, 0.3) is 83.9 Å². The number of nitrogens with zero attached hydrogens (tertiary/aromatic N) is 3. The number of rotatable bonds is 11. The summed E-state index contributed by atoms with van der Waals surface area (Å²) in [7, 11) is 0. The molecule has 8 aromatic carbocycles. The van der Waals surface area contributed by atoms with E-state index in [9.17, 15) is 10.6 Å². The molecule has 0 unspecified atom stereocenters. The van der Waals surface area contributed by atoms with Gasteiger partial charge in [0.25, 0.3) is 0 Å². The molecule has 1 N–H and O–H groups in total. The smallest absolute Gasteiger partial charge is 0.148 e. The molecule has 12 rings (SSSR count). The van der Waals surface area contributed by atoms with E-state index in [1.807, 2.05) is 121 Å². The van der Waals surface area contributed by atoms with Crippen LogP contribution in [0.3, 0.4) is 0 Å². The fourth-order valence-electron chi connectivity index (χ4n) is 10.8. The molecule has 0 saturated heterocycles. The van der Waals surface area contributed by atoms with Crippen LogP contribution >= 0.6 is 0 Å². The number of phenolic OH excluding ortho intramolecular Hbond substituents is 1. The third kappa shape index (κ3) is 9.59. The maximum Gasteiger partial charge on any atom is 0.148 e. The fraction of sp³-hybridized carbons (Fsp3) is 0.182. The fourth-order valence-corrected chi connectivity index (χ4v) is 10.8. The Kier molecular flexibility index (Phi) is 12.1. The number of benzene rings is 8. The van der Waals surface area contributed by atoms with Crippen molar-refractivity contribution < 1.29 is 31.7 Å². The van der Waals surface area contributed by atoms with Crippen molar-refractivity contribution in [2.75, 3.05) is 0 Å². The average molecular weight is 1110 g/mol. The van der Waals surface area contributed by atoms with Crippen molar-refractivity contribution in [3.63, 3.8) is 0 Å². The van der Waals surface area contributed by atoms with Crippen LogP contribution < -0.4 is 0 Å². The van der Waals surface area contributed by atoms with Gasteiger partial charge in [-0.05, 0) is 125 Å². The summed E-state index contributed by atoms with van der Waals surface area (Å²) in [6.45, 7) is 0. The van der Waals surface area contributed by atoms with E-state index in [-0.39, 0.29) is 32.7 Å². The Balaban J connectivity index is 0.00000602. The van der Waals surface area contributed by atoms with Gasteiger partial charge >= 0.3 is 0 Å². The molecule has 0 bridgehead atoms. The minimum Gasteiger partial charge on any atom is -0.507 e. The Hall–Kier alpha value is -7.13. The second-order valence-corrected chi connectivity index (χ2v) is 18.8. The van der Waals surface area contributed by atoms with Gasteiger partial charge in [0.1, 0.15) is 11.6 Å². The predicted octanol–water partition coefficient (Wildman–Crippen LogP) is 17.1. The molecule has 2 fully saturated rings. The van der Waals surface area contributed by atoms with Gasteiger partial charge in [-0.15, -0.1) is 23.8 Å². The Morgan fingerprint density at radius 1 is 0.535 bits per heavy atom. The van der Waals surface area contributed by atoms with Crippen molar-refractivity contribution in [1.29, 1.82) is 0 Å². The van der Waals surface area contributed by atoms with Crippen molar-refractivity contribution in [2.45, 2.75) is 69.5 Å². The van der Waals surface area contributed by atoms with Crippen molar-refractivity contribution in [3.05, 3.63) is 229 Å². The second kappa shape index (κ2) is 20.7. The van der Waals surface area contributed by atoms with Gasteiger partial charge < -0.3 is 5.11 Å². The molecule has 0 radical (unpaired) electrons. The van der Waals surface area contributed by atoms with E-state index < -0.39 is 18.2 Å². The molecule has 2 aliphatic rings. The van der Waals surface area contributed by atoms with Gasteiger partial charge in [0.2, 0.25) is 0 Å². The molecule has 2 heterocycles. The first kappa shape index (κ1) is 41.6. The number of aromatic hydroxyl groups is 1. The Morgan fingerprint density at radius 3 is 1.87 bits per heavy atom. The first-order valence-corrected chi connectivity index (χ1v) is 24.8. The number of imidazole rings is 1. The van der Waals surface area contributed by atoms with Crippen LogP contribution in [0.4, 0.5) is 0 Å². The van der Waals surface area contributed by atoms with Crippen LogP contribution in [0.2, 0.25) is 0 Å². The molecule has 0 aliphatic heterocycles. The molecule has 352 valence electrons. The van der Waals surface area contributed by atoms with Gasteiger partial charge in [0.15, 0.2) is 0 Å². The van der Waals surface area contributed by atoms with E-state index in [2.05, 4.69) is 89.5 Å². The molecular formula is C66H56N3OPt-. The van der Waals surface area contributed by atoms with Gasteiger partial charge in [-0.3, -0.25) is 9.55 Å². The van der Waals surface area contributed by atoms with E-state index in [1.54, 1.807) is 6.07 Å². The third-order valence-corrected chi connectivity index (χ3v) is 14.4. The SMILES string of the molecule is [2H]C1(c2ccccc2)CCC([2H])(c2ccc(-c3ccnc(-c4[c-]c(-c5cccc6c5nc(-c5ccccc5O)n6-c5ccc(C([2H])([2H])C6CCCC6)cc5-c5ccccc5)cc(-c5ccccc5)c4)c3)cc2)CC1.[Pt]. The predicted molar refractivity (Wildman–Crippen MR) is 288 cm³/mol. The first-order valence-electron chi connectivity index (χ1n) is 26.8. The number of aromatic nitrogens is 3. The maximum absolute atomic E-state index is 11.5. The molecule has 2 saturated carbocycles. The molecule has 71 heavy (non-hydrogen) atoms. The number of phenols is 1. The quantitative estimate of drug-likeness (QED) is 0.131. The topological polar surface area (TPSA) is 50.9 Å². The average Bonchev–Trinajstić information content (AvgIpc) is 4.15. The van der Waals surface area contributed by atoms with Crippen LogP contribution in [0.15, 0.2) is 206 Å². The van der Waals surface area contributed by atoms with Gasteiger partial charge in [0, 0.05) is 44.0 Å². The second-order valence-electron chi connectivity index (χ2n) is 18.8. The summed E-state index contributed by atoms with van der Waals surface area (Å²) in [5.41, 5.74) is 14.8. The molecule has 0 atom stereocenters. The number of para-hydroxylation sites is 2. The zero-order valence-corrected chi connectivity index (χ0v) is 41.7. The first-order chi connectivity index (χ1) is 36.0. The largest absolute Gasteiger partial charge is 0.507 e. The maximum atomic E-state index is 11.5. The zero-order chi connectivity index (χ0) is 50.4. The minimum atomic E-state index is -1.50. The summed E-state index contributed by atoms with van der Waals surface area (Å²) in [6.07, 6.45) is 6.76. The molecule has 0 amide bonds. The molecule has 2 aliphatic carbocycles. The van der Waals surface area contributed by atoms with E-state index >= 15 is 0 Å². The van der Waals surface area contributed by atoms with Crippen molar-refractivity contribution >= 4 is 11.0 Å². The summed E-state index contributed by atoms with van der Waals surface area (Å²) in [4.78, 5) is 10.4. The molecular weight excluding hydrogens is 1050 g/mol. The normalized spacial score (nSPS) is 19.0. The van der Waals surface area contributed by atoms with Crippen molar-refractivity contribution in [1.82, 2.24) is 14.5 Å². The van der Waals surface area contributed by atoms with Crippen LogP contribution in [-0.2, 0) is 27.4 Å². The molecule has 4 nitrogen and oxygen atoms in total. The number of fused-ring (bicyclic) bond motifs is 1. The Labute approximate surface area is 438 Å². The van der Waals surface area contributed by atoms with Crippen molar-refractivity contribution in [2.24, 2.45) is 5.92 Å². The Morgan fingerprint density at radius 2 is 1.15 bits per heavy atom. The van der Waals surface area contributed by atoms with Gasteiger partial charge in [-0.1, -0.05) is 194 Å². The summed E-state index contributed by atoms with van der Waals surface area (Å²) in [5, 5.41) is 11.5. The minimum absolute atomic E-state index is 0. The van der Waals surface area contributed by atoms with E-state index in [0.29, 0.717) is 42.6 Å². The summed E-state index contributed by atoms with van der Waals surface area (Å²) >= 11 is 0. The summed E-state index contributed by atoms with van der Waals surface area (Å²) < 4.78 is 39.7. The van der Waals surface area contributed by atoms with Crippen LogP contribution in [-0.4, -0.2) is 19.6 Å². The van der Waals surface area contributed by atoms with E-state index in [1.165, 1.54) is 0 Å². The molecule has 2 aromatic heterocycles. The van der Waals surface area contributed by atoms with Crippen molar-refractivity contribution in [3.8, 4) is 78.6 Å². The van der Waals surface area contributed by atoms with Crippen LogP contribution in [0, 0.1) is 12.0 Å². The third-order valence-electron chi connectivity index (χ3n) is 14.4. The van der Waals surface area contributed by atoms with Gasteiger partial charge in [-0.25, -0.2) is 4.98 Å². The number of hydrogen-bond donors (Lipinski definition) is 1. The van der Waals surface area contributed by atoms with Crippen LogP contribution in [0.1, 0.15) is 85.3 Å². The standard InChI is InChI=1S/C66H56N3O.Pt/c70-64-26-13-12-23-59(64)66-68-65-58(24-14-25-63(65)69(66)62-36-27-46(39-45-15-10-11-16-45)40-60(62)53-21-8-3-9-22-53)56-41-55(48-19-6-2-7-20-48)42-57(43-56)61-44-54(37-38-67-61)52-34-32-51(33-35-52)50-30-28-49(29-31-50)47-17-4-1-5-18-47;/h1-9,12-14,17-27,32-38,40-42,44-45,49-50,70H,10-11,15-16,28-31,39H2;/q-1;/i39D2,49D,50D;. The van der Waals surface area contributed by atoms with Gasteiger partial charge in [-0.2, -0.15) is 0 Å². The van der Waals surface area contributed by atoms with E-state index in [4.69, 9.17) is 9.97 Å². The summed E-state index contributed by atoms with van der Waals surface area (Å²) in [6, 6.07) is 70.8. The Bertz CT molecular complexity index is 3640. The van der Waals surface area contributed by atoms with E-state index in [0.717, 1.165) is 109 Å². The zero-order valence-electron chi connectivity index (χ0n) is 43.5. The van der Waals surface area contributed by atoms with Gasteiger partial charge in [0.05, 0.1) is 22.3 Å². The number of hydrogen-bond acceptors (Lipinski definition) is 3. The molecule has 5 heteroatoms. The summed E-state index contributed by atoms with van der Waals surface area (Å²) in [5.74, 6) is -0.781. The number of pyridine rings is 1.